The van der Waals surface area contributed by atoms with Crippen LogP contribution in [-0.2, 0) is 10.0 Å². The third-order valence-electron chi connectivity index (χ3n) is 2.52. The molecule has 9 heteroatoms. The van der Waals surface area contributed by atoms with Crippen molar-refractivity contribution >= 4 is 27.6 Å². The highest BCUT2D eigenvalue weighted by Crippen LogP contribution is 2.22. The van der Waals surface area contributed by atoms with Gasteiger partial charge in [-0.05, 0) is 18.2 Å². The van der Waals surface area contributed by atoms with E-state index in [9.17, 15) is 8.42 Å². The minimum absolute atomic E-state index is 0.0172. The molecule has 0 saturated heterocycles. The summed E-state index contributed by atoms with van der Waals surface area (Å²) in [7, 11) is -3.93. The average Bonchev–Trinajstić information content (AvgIpc) is 2.87. The van der Waals surface area contributed by atoms with Crippen LogP contribution < -0.4 is 4.72 Å². The zero-order valence-corrected chi connectivity index (χ0v) is 12.7. The Hall–Kier alpha value is -2.11. The van der Waals surface area contributed by atoms with Crippen LogP contribution in [0.3, 0.4) is 0 Å². The van der Waals surface area contributed by atoms with Gasteiger partial charge in [-0.25, -0.2) is 13.1 Å². The van der Waals surface area contributed by atoms with Crippen LogP contribution in [0, 0.1) is 11.3 Å². The summed E-state index contributed by atoms with van der Waals surface area (Å²) in [4.78, 5) is -0.118. The fourth-order valence-electron chi connectivity index (χ4n) is 1.44. The van der Waals surface area contributed by atoms with Crippen LogP contribution in [0.5, 0.6) is 0 Å². The fraction of sp³-hybridized carbons (Fsp3) is 0.250. The molecule has 0 unspecified atom stereocenters. The number of halogens is 1. The van der Waals surface area contributed by atoms with Crippen LogP contribution in [0.1, 0.15) is 31.2 Å². The van der Waals surface area contributed by atoms with Gasteiger partial charge in [-0.15, -0.1) is 5.10 Å². The molecule has 0 aliphatic carbocycles. The van der Waals surface area contributed by atoms with Gasteiger partial charge in [-0.1, -0.05) is 30.5 Å². The van der Waals surface area contributed by atoms with E-state index in [2.05, 4.69) is 14.9 Å². The van der Waals surface area contributed by atoms with Crippen molar-refractivity contribution in [2.75, 3.05) is 4.72 Å². The van der Waals surface area contributed by atoms with E-state index >= 15 is 0 Å². The molecule has 0 spiro atoms. The summed E-state index contributed by atoms with van der Waals surface area (Å²) >= 11 is 5.77. The fourth-order valence-corrected chi connectivity index (χ4v) is 2.55. The van der Waals surface area contributed by atoms with Gasteiger partial charge in [0.1, 0.15) is 6.07 Å². The number of nitrogens with zero attached hydrogens (tertiary/aromatic N) is 3. The molecule has 0 atom stereocenters. The van der Waals surface area contributed by atoms with Crippen LogP contribution in [0.2, 0.25) is 5.02 Å². The zero-order valence-electron chi connectivity index (χ0n) is 11.2. The van der Waals surface area contributed by atoms with Gasteiger partial charge in [0.2, 0.25) is 5.89 Å². The van der Waals surface area contributed by atoms with Crippen molar-refractivity contribution in [3.63, 3.8) is 0 Å². The molecule has 1 heterocycles. The molecular formula is C12H11ClN4O3S. The SMILES string of the molecule is CC(C)c1nnc(NS(=O)(=O)c2ccc(Cl)c(C#N)c2)o1. The Balaban J connectivity index is 2.32. The minimum Gasteiger partial charge on any atom is -0.407 e. The molecule has 0 saturated carbocycles. The molecule has 0 fully saturated rings. The van der Waals surface area contributed by atoms with Crippen molar-refractivity contribution in [3.8, 4) is 6.07 Å². The number of hydrogen-bond donors (Lipinski definition) is 1. The first kappa shape index (κ1) is 15.3. The van der Waals surface area contributed by atoms with Gasteiger partial charge in [0, 0.05) is 5.92 Å². The molecule has 110 valence electrons. The van der Waals surface area contributed by atoms with E-state index in [1.54, 1.807) is 0 Å². The van der Waals surface area contributed by atoms with E-state index in [4.69, 9.17) is 21.3 Å². The van der Waals surface area contributed by atoms with Crippen LogP contribution in [0.15, 0.2) is 27.5 Å². The van der Waals surface area contributed by atoms with Gasteiger partial charge < -0.3 is 4.42 Å². The Labute approximate surface area is 126 Å². The maximum absolute atomic E-state index is 12.2. The number of aromatic nitrogens is 2. The Morgan fingerprint density at radius 3 is 2.67 bits per heavy atom. The molecule has 21 heavy (non-hydrogen) atoms. The quantitative estimate of drug-likeness (QED) is 0.924. The van der Waals surface area contributed by atoms with E-state index in [0.717, 1.165) is 0 Å². The van der Waals surface area contributed by atoms with Gasteiger partial charge >= 0.3 is 6.01 Å². The number of hydrogen-bond acceptors (Lipinski definition) is 6. The predicted octanol–water partition coefficient (Wildman–Crippen LogP) is 2.52. The lowest BCUT2D eigenvalue weighted by Gasteiger charge is -2.05. The monoisotopic (exact) mass is 326 g/mol. The van der Waals surface area contributed by atoms with Crippen molar-refractivity contribution < 1.29 is 12.8 Å². The van der Waals surface area contributed by atoms with Crippen molar-refractivity contribution in [2.24, 2.45) is 0 Å². The van der Waals surface area contributed by atoms with E-state index in [-0.39, 0.29) is 27.4 Å². The third-order valence-corrected chi connectivity index (χ3v) is 4.17. The number of benzene rings is 1. The Morgan fingerprint density at radius 1 is 1.38 bits per heavy atom. The van der Waals surface area contributed by atoms with Gasteiger partial charge in [-0.2, -0.15) is 5.26 Å². The first-order valence-corrected chi connectivity index (χ1v) is 7.75. The lowest BCUT2D eigenvalue weighted by molar-refractivity contribution is 0.483. The Kier molecular flexibility index (Phi) is 4.16. The van der Waals surface area contributed by atoms with Gasteiger partial charge in [0.05, 0.1) is 15.5 Å². The van der Waals surface area contributed by atoms with Crippen molar-refractivity contribution in [2.45, 2.75) is 24.7 Å². The standard InChI is InChI=1S/C12H11ClN4O3S/c1-7(2)11-15-16-12(20-11)17-21(18,19)9-3-4-10(13)8(5-9)6-14/h3-5,7H,1-2H3,(H,16,17). The topological polar surface area (TPSA) is 109 Å². The smallest absolute Gasteiger partial charge is 0.329 e. The Bertz CT molecular complexity index is 808. The second kappa shape index (κ2) is 5.71. The number of nitriles is 1. The second-order valence-electron chi connectivity index (χ2n) is 4.46. The second-order valence-corrected chi connectivity index (χ2v) is 6.55. The van der Waals surface area contributed by atoms with Gasteiger partial charge in [0.25, 0.3) is 10.0 Å². The lowest BCUT2D eigenvalue weighted by atomic mass is 10.2. The highest BCUT2D eigenvalue weighted by Gasteiger charge is 2.20. The predicted molar refractivity (Wildman–Crippen MR) is 75.4 cm³/mol. The van der Waals surface area contributed by atoms with Gasteiger partial charge in [-0.3, -0.25) is 0 Å². The highest BCUT2D eigenvalue weighted by molar-refractivity contribution is 7.92. The zero-order chi connectivity index (χ0) is 15.6. The van der Waals surface area contributed by atoms with E-state index in [0.29, 0.717) is 5.89 Å². The molecule has 0 bridgehead atoms. The van der Waals surface area contributed by atoms with Crippen LogP contribution in [-0.4, -0.2) is 18.6 Å². The first-order chi connectivity index (χ1) is 9.83. The third kappa shape index (κ3) is 3.32. The molecule has 1 N–H and O–H groups in total. The normalized spacial score (nSPS) is 11.4. The van der Waals surface area contributed by atoms with Crippen molar-refractivity contribution in [1.29, 1.82) is 5.26 Å². The van der Waals surface area contributed by atoms with Gasteiger partial charge in [0.15, 0.2) is 0 Å². The largest absolute Gasteiger partial charge is 0.407 e. The Morgan fingerprint density at radius 2 is 2.10 bits per heavy atom. The maximum atomic E-state index is 12.2. The maximum Gasteiger partial charge on any atom is 0.329 e. The molecule has 2 aromatic rings. The minimum atomic E-state index is -3.93. The highest BCUT2D eigenvalue weighted by atomic mass is 35.5. The van der Waals surface area contributed by atoms with E-state index in [1.165, 1.54) is 18.2 Å². The summed E-state index contributed by atoms with van der Waals surface area (Å²) in [5.41, 5.74) is 0.0629. The van der Waals surface area contributed by atoms with Crippen molar-refractivity contribution in [3.05, 3.63) is 34.7 Å². The number of nitrogens with one attached hydrogen (secondary N) is 1. The molecule has 0 radical (unpaired) electrons. The molecular weight excluding hydrogens is 316 g/mol. The molecule has 1 aromatic heterocycles. The van der Waals surface area contributed by atoms with Crippen LogP contribution >= 0.6 is 11.6 Å². The molecule has 0 aliphatic rings. The molecule has 0 amide bonds. The molecule has 0 aliphatic heterocycles. The summed E-state index contributed by atoms with van der Waals surface area (Å²) in [6.45, 7) is 3.67. The first-order valence-electron chi connectivity index (χ1n) is 5.89. The summed E-state index contributed by atoms with van der Waals surface area (Å²) in [6.07, 6.45) is 0. The number of rotatable bonds is 4. The molecule has 7 nitrogen and oxygen atoms in total. The van der Waals surface area contributed by atoms with Crippen LogP contribution in [0.4, 0.5) is 6.01 Å². The summed E-state index contributed by atoms with van der Waals surface area (Å²) in [6, 6.07) is 5.37. The summed E-state index contributed by atoms with van der Waals surface area (Å²) < 4.78 is 31.7. The lowest BCUT2D eigenvalue weighted by Crippen LogP contribution is -2.13. The number of anilines is 1. The summed E-state index contributed by atoms with van der Waals surface area (Å²) in [5, 5.41) is 16.4. The summed E-state index contributed by atoms with van der Waals surface area (Å²) in [5.74, 6) is 0.304. The molecule has 2 rings (SSSR count). The number of sulfonamides is 1. The van der Waals surface area contributed by atoms with Crippen molar-refractivity contribution in [1.82, 2.24) is 10.2 Å². The van der Waals surface area contributed by atoms with E-state index in [1.807, 2.05) is 19.9 Å². The molecule has 1 aromatic carbocycles. The average molecular weight is 327 g/mol. The van der Waals surface area contributed by atoms with Crippen LogP contribution in [0.25, 0.3) is 0 Å². The van der Waals surface area contributed by atoms with E-state index < -0.39 is 10.0 Å².